The summed E-state index contributed by atoms with van der Waals surface area (Å²) in [5, 5.41) is 0.357. The Morgan fingerprint density at radius 3 is 2.52 bits per heavy atom. The van der Waals surface area contributed by atoms with Gasteiger partial charge in [0.2, 0.25) is 0 Å². The molecule has 31 heavy (non-hydrogen) atoms. The molecule has 4 aromatic rings. The van der Waals surface area contributed by atoms with Gasteiger partial charge < -0.3 is 9.72 Å². The van der Waals surface area contributed by atoms with Gasteiger partial charge in [-0.2, -0.15) is 0 Å². The molecular formula is C22H22ClN5O3. The first-order valence-electron chi connectivity index (χ1n) is 9.95. The number of nitrogens with one attached hydrogen (secondary N) is 1. The topological polar surface area (TPSA) is 94.8 Å². The third-order valence-corrected chi connectivity index (χ3v) is 5.47. The minimum atomic E-state index is -0.394. The molecule has 1 aromatic carbocycles. The lowest BCUT2D eigenvalue weighted by Gasteiger charge is -2.18. The van der Waals surface area contributed by atoms with Crippen LogP contribution >= 0.6 is 11.6 Å². The van der Waals surface area contributed by atoms with Crippen LogP contribution in [0.25, 0.3) is 22.6 Å². The average Bonchev–Trinajstić information content (AvgIpc) is 3.22. The number of nitrogens with zero attached hydrogens (tertiary/aromatic N) is 4. The lowest BCUT2D eigenvalue weighted by Crippen LogP contribution is -2.41. The number of rotatable bonds is 6. The Labute approximate surface area is 183 Å². The van der Waals surface area contributed by atoms with Gasteiger partial charge in [0.15, 0.2) is 5.65 Å². The van der Waals surface area contributed by atoms with Gasteiger partial charge in [0.1, 0.15) is 22.2 Å². The van der Waals surface area contributed by atoms with Crippen LogP contribution in [0.3, 0.4) is 0 Å². The molecule has 160 valence electrons. The Morgan fingerprint density at radius 2 is 1.90 bits per heavy atom. The van der Waals surface area contributed by atoms with Crippen LogP contribution in [0.1, 0.15) is 31.9 Å². The molecule has 0 saturated carbocycles. The molecule has 0 spiro atoms. The summed E-state index contributed by atoms with van der Waals surface area (Å²) in [6.07, 6.45) is 2.22. The lowest BCUT2D eigenvalue weighted by atomic mass is 10.1. The van der Waals surface area contributed by atoms with Crippen molar-refractivity contribution in [2.24, 2.45) is 0 Å². The molecular weight excluding hydrogens is 418 g/mol. The number of benzene rings is 1. The fraction of sp³-hybridized carbons (Fsp3) is 0.273. The van der Waals surface area contributed by atoms with Gasteiger partial charge in [-0.1, -0.05) is 30.7 Å². The lowest BCUT2D eigenvalue weighted by molar-refractivity contribution is 0.414. The maximum Gasteiger partial charge on any atom is 0.333 e. The molecule has 1 N–H and O–H groups in total. The summed E-state index contributed by atoms with van der Waals surface area (Å²) >= 11 is 5.89. The first-order chi connectivity index (χ1) is 14.9. The highest BCUT2D eigenvalue weighted by Gasteiger charge is 2.22. The Morgan fingerprint density at radius 1 is 1.16 bits per heavy atom. The van der Waals surface area contributed by atoms with E-state index >= 15 is 0 Å². The zero-order chi connectivity index (χ0) is 22.1. The van der Waals surface area contributed by atoms with Crippen molar-refractivity contribution in [3.8, 4) is 17.1 Å². The van der Waals surface area contributed by atoms with E-state index in [1.54, 1.807) is 30.0 Å². The van der Waals surface area contributed by atoms with E-state index < -0.39 is 5.69 Å². The highest BCUT2D eigenvalue weighted by Crippen LogP contribution is 2.24. The minimum Gasteiger partial charge on any atom is -0.497 e. The zero-order valence-electron chi connectivity index (χ0n) is 17.4. The largest absolute Gasteiger partial charge is 0.497 e. The van der Waals surface area contributed by atoms with Crippen molar-refractivity contribution >= 4 is 22.8 Å². The minimum absolute atomic E-state index is 0.276. The molecule has 0 radical (unpaired) electrons. The number of hydrogen-bond donors (Lipinski definition) is 1. The van der Waals surface area contributed by atoms with Gasteiger partial charge >= 0.3 is 5.69 Å². The van der Waals surface area contributed by atoms with Gasteiger partial charge in [0.25, 0.3) is 5.56 Å². The van der Waals surface area contributed by atoms with Gasteiger partial charge in [0, 0.05) is 18.3 Å². The first kappa shape index (κ1) is 20.9. The number of hydrogen-bond acceptors (Lipinski definition) is 5. The quantitative estimate of drug-likeness (QED) is 0.463. The molecule has 8 nitrogen and oxygen atoms in total. The second-order valence-corrected chi connectivity index (χ2v) is 7.60. The molecule has 0 aliphatic heterocycles. The normalized spacial score (nSPS) is 12.3. The van der Waals surface area contributed by atoms with Crippen LogP contribution < -0.4 is 16.0 Å². The van der Waals surface area contributed by atoms with Gasteiger partial charge in [0.05, 0.1) is 13.2 Å². The van der Waals surface area contributed by atoms with E-state index in [-0.39, 0.29) is 17.1 Å². The van der Waals surface area contributed by atoms with Gasteiger partial charge in [-0.3, -0.25) is 13.9 Å². The van der Waals surface area contributed by atoms with Crippen LogP contribution in [0, 0.1) is 0 Å². The van der Waals surface area contributed by atoms with Crippen LogP contribution in [-0.4, -0.2) is 31.2 Å². The molecule has 9 heteroatoms. The van der Waals surface area contributed by atoms with Gasteiger partial charge in [-0.25, -0.2) is 14.8 Å². The van der Waals surface area contributed by atoms with Gasteiger partial charge in [-0.15, -0.1) is 0 Å². The van der Waals surface area contributed by atoms with Crippen molar-refractivity contribution < 1.29 is 4.74 Å². The SMILES string of the molecule is CCCn1c(=O)c2[nH]c(-c3ccc(Cl)nc3)nc2n(C(C)c2ccc(OC)cc2)c1=O. The molecule has 0 saturated heterocycles. The second kappa shape index (κ2) is 8.39. The van der Waals surface area contributed by atoms with E-state index in [1.807, 2.05) is 38.1 Å². The molecule has 0 amide bonds. The predicted octanol–water partition coefficient (Wildman–Crippen LogP) is 3.63. The smallest absolute Gasteiger partial charge is 0.333 e. The molecule has 0 aliphatic rings. The van der Waals surface area contributed by atoms with Crippen LogP contribution in [-0.2, 0) is 6.54 Å². The number of methoxy groups -OCH3 is 1. The standard InChI is InChI=1S/C22H22ClN5O3/c1-4-11-27-21(29)18-20(26-19(25-18)15-7-10-17(23)24-12-15)28(22(27)30)13(2)14-5-8-16(31-3)9-6-14/h5-10,12-13H,4,11H2,1-3H3,(H,25,26). The summed E-state index contributed by atoms with van der Waals surface area (Å²) in [4.78, 5) is 38.2. The highest BCUT2D eigenvalue weighted by molar-refractivity contribution is 6.29. The van der Waals surface area contributed by atoms with E-state index in [1.165, 1.54) is 4.57 Å². The van der Waals surface area contributed by atoms with Crippen molar-refractivity contribution in [1.82, 2.24) is 24.1 Å². The molecule has 4 rings (SSSR count). The average molecular weight is 440 g/mol. The maximum absolute atomic E-state index is 13.3. The number of imidazole rings is 1. The summed E-state index contributed by atoms with van der Waals surface area (Å²) in [6, 6.07) is 10.5. The Bertz CT molecular complexity index is 1340. The third kappa shape index (κ3) is 3.74. The number of pyridine rings is 1. The van der Waals surface area contributed by atoms with E-state index in [4.69, 9.17) is 16.3 Å². The van der Waals surface area contributed by atoms with Crippen molar-refractivity contribution in [3.63, 3.8) is 0 Å². The summed E-state index contributed by atoms with van der Waals surface area (Å²) in [5.41, 5.74) is 1.35. The Hall–Kier alpha value is -3.39. The maximum atomic E-state index is 13.3. The van der Waals surface area contributed by atoms with Crippen LogP contribution in [0.15, 0.2) is 52.2 Å². The summed E-state index contributed by atoms with van der Waals surface area (Å²) in [5.74, 6) is 1.17. The van der Waals surface area contributed by atoms with Crippen molar-refractivity contribution in [1.29, 1.82) is 0 Å². The number of ether oxygens (including phenoxy) is 1. The van der Waals surface area contributed by atoms with Crippen molar-refractivity contribution in [2.45, 2.75) is 32.9 Å². The predicted molar refractivity (Wildman–Crippen MR) is 120 cm³/mol. The molecule has 1 unspecified atom stereocenters. The number of fused-ring (bicyclic) bond motifs is 1. The molecule has 3 heterocycles. The zero-order valence-corrected chi connectivity index (χ0v) is 18.2. The van der Waals surface area contributed by atoms with E-state index in [0.717, 1.165) is 11.3 Å². The highest BCUT2D eigenvalue weighted by atomic mass is 35.5. The Kier molecular flexibility index (Phi) is 5.65. The second-order valence-electron chi connectivity index (χ2n) is 7.21. The van der Waals surface area contributed by atoms with Crippen LogP contribution in [0.5, 0.6) is 5.75 Å². The van der Waals surface area contributed by atoms with Crippen LogP contribution in [0.2, 0.25) is 5.15 Å². The third-order valence-electron chi connectivity index (χ3n) is 5.24. The van der Waals surface area contributed by atoms with Crippen molar-refractivity contribution in [2.75, 3.05) is 7.11 Å². The number of aromatic amines is 1. The number of aromatic nitrogens is 5. The summed E-state index contributed by atoms with van der Waals surface area (Å²) in [7, 11) is 1.60. The number of H-pyrrole nitrogens is 1. The molecule has 3 aromatic heterocycles. The van der Waals surface area contributed by atoms with E-state index in [0.29, 0.717) is 35.2 Å². The first-order valence-corrected chi connectivity index (χ1v) is 10.3. The number of halogens is 1. The van der Waals surface area contributed by atoms with Gasteiger partial charge in [-0.05, 0) is 43.2 Å². The molecule has 0 aliphatic carbocycles. The van der Waals surface area contributed by atoms with Crippen LogP contribution in [0.4, 0.5) is 0 Å². The monoisotopic (exact) mass is 439 g/mol. The fourth-order valence-corrected chi connectivity index (χ4v) is 3.70. The summed E-state index contributed by atoms with van der Waals surface area (Å²) in [6.45, 7) is 4.15. The van der Waals surface area contributed by atoms with E-state index in [9.17, 15) is 9.59 Å². The molecule has 0 bridgehead atoms. The molecule has 0 fully saturated rings. The fourth-order valence-electron chi connectivity index (χ4n) is 3.58. The molecule has 1 atom stereocenters. The Balaban J connectivity index is 1.96. The van der Waals surface area contributed by atoms with E-state index in [2.05, 4.69) is 15.0 Å². The summed E-state index contributed by atoms with van der Waals surface area (Å²) < 4.78 is 8.04. The van der Waals surface area contributed by atoms with Crippen molar-refractivity contribution in [3.05, 3.63) is 74.1 Å².